The number of carbonyl (C=O) groups is 3. The predicted molar refractivity (Wildman–Crippen MR) is 124 cm³/mol. The molecule has 0 radical (unpaired) electrons. The number of hydrogen-bond acceptors (Lipinski definition) is 6. The van der Waals surface area contributed by atoms with Crippen molar-refractivity contribution in [2.45, 2.75) is 39.5 Å². The van der Waals surface area contributed by atoms with Gasteiger partial charge in [-0.2, -0.15) is 13.2 Å². The molecule has 1 aliphatic heterocycles. The van der Waals surface area contributed by atoms with E-state index in [9.17, 15) is 27.6 Å². The number of esters is 1. The van der Waals surface area contributed by atoms with Crippen molar-refractivity contribution >= 4 is 23.6 Å². The van der Waals surface area contributed by atoms with E-state index in [4.69, 9.17) is 20.6 Å². The number of ether oxygens (including phenoxy) is 3. The standard InChI is InChI=1S/C25H27F3N2O6/c1-7-19(36-24(4,5)22(32)35-8-2)20(34-6)13-16(3)14-30-21(31)15-29(23(30)33)18-11-9-17(10-12-18)25(26,27)28/h1,9-13H,8,14-15H2,2-6H3/b16-13+,20-19-. The summed E-state index contributed by atoms with van der Waals surface area (Å²) in [5, 5.41) is 0. The fourth-order valence-corrected chi connectivity index (χ4v) is 3.22. The van der Waals surface area contributed by atoms with Gasteiger partial charge in [0, 0.05) is 5.69 Å². The number of hydrogen-bond donors (Lipinski definition) is 0. The van der Waals surface area contributed by atoms with E-state index in [0.29, 0.717) is 5.57 Å². The van der Waals surface area contributed by atoms with E-state index >= 15 is 0 Å². The molecule has 0 spiro atoms. The zero-order chi connectivity index (χ0) is 27.3. The molecule has 0 saturated carbocycles. The van der Waals surface area contributed by atoms with Crippen molar-refractivity contribution in [1.82, 2.24) is 4.90 Å². The number of amides is 3. The fraction of sp³-hybridized carbons (Fsp3) is 0.400. The number of methoxy groups -OCH3 is 1. The number of urea groups is 1. The van der Waals surface area contributed by atoms with E-state index in [0.717, 1.165) is 34.1 Å². The minimum atomic E-state index is -4.52. The average Bonchev–Trinajstić information content (AvgIpc) is 3.09. The van der Waals surface area contributed by atoms with Crippen LogP contribution in [0.15, 0.2) is 47.4 Å². The van der Waals surface area contributed by atoms with Gasteiger partial charge >= 0.3 is 18.2 Å². The van der Waals surface area contributed by atoms with Crippen LogP contribution in [-0.4, -0.2) is 55.2 Å². The number of imide groups is 1. The molecule has 8 nitrogen and oxygen atoms in total. The number of rotatable bonds is 9. The lowest BCUT2D eigenvalue weighted by Crippen LogP contribution is -2.36. The smallest absolute Gasteiger partial charge is 0.416 e. The van der Waals surface area contributed by atoms with Gasteiger partial charge in [-0.25, -0.2) is 9.59 Å². The highest BCUT2D eigenvalue weighted by Gasteiger charge is 2.38. The molecule has 3 amide bonds. The largest absolute Gasteiger partial charge is 0.492 e. The number of anilines is 1. The number of terminal acetylenes is 1. The van der Waals surface area contributed by atoms with Crippen molar-refractivity contribution in [3.63, 3.8) is 0 Å². The summed E-state index contributed by atoms with van der Waals surface area (Å²) in [6, 6.07) is 3.26. The molecular weight excluding hydrogens is 481 g/mol. The number of alkyl halides is 3. The van der Waals surface area contributed by atoms with Crippen LogP contribution >= 0.6 is 0 Å². The van der Waals surface area contributed by atoms with Gasteiger partial charge in [-0.15, -0.1) is 6.42 Å². The van der Waals surface area contributed by atoms with Crippen LogP contribution in [-0.2, 0) is 30.0 Å². The van der Waals surface area contributed by atoms with Gasteiger partial charge in [-0.05, 0) is 69.5 Å². The molecule has 1 aliphatic rings. The highest BCUT2D eigenvalue weighted by Crippen LogP contribution is 2.31. The zero-order valence-corrected chi connectivity index (χ0v) is 20.6. The maximum Gasteiger partial charge on any atom is 0.416 e. The van der Waals surface area contributed by atoms with Crippen LogP contribution in [0.1, 0.15) is 33.3 Å². The van der Waals surface area contributed by atoms with Crippen LogP contribution < -0.4 is 4.90 Å². The molecule has 0 bridgehead atoms. The molecule has 0 aromatic heterocycles. The number of halogens is 3. The number of nitrogens with zero attached hydrogens (tertiary/aromatic N) is 2. The van der Waals surface area contributed by atoms with Crippen LogP contribution in [0.3, 0.4) is 0 Å². The van der Waals surface area contributed by atoms with Gasteiger partial charge in [0.05, 0.1) is 25.8 Å². The lowest BCUT2D eigenvalue weighted by molar-refractivity contribution is -0.163. The summed E-state index contributed by atoms with van der Waals surface area (Å²) in [6.45, 7) is 5.91. The summed E-state index contributed by atoms with van der Waals surface area (Å²) in [5.74, 6) is 1.12. The third kappa shape index (κ3) is 6.59. The summed E-state index contributed by atoms with van der Waals surface area (Å²) >= 11 is 0. The van der Waals surface area contributed by atoms with Gasteiger partial charge in [0.1, 0.15) is 6.54 Å². The lowest BCUT2D eigenvalue weighted by atomic mass is 10.1. The van der Waals surface area contributed by atoms with Gasteiger partial charge in [0.2, 0.25) is 11.4 Å². The molecule has 0 unspecified atom stereocenters. The van der Waals surface area contributed by atoms with Crippen molar-refractivity contribution in [2.75, 3.05) is 31.7 Å². The molecule has 1 aromatic rings. The first kappa shape index (κ1) is 28.3. The van der Waals surface area contributed by atoms with E-state index in [2.05, 4.69) is 5.92 Å². The van der Waals surface area contributed by atoms with Crippen LogP contribution in [0.2, 0.25) is 0 Å². The molecule has 1 fully saturated rings. The van der Waals surface area contributed by atoms with E-state index in [1.165, 1.54) is 27.0 Å². The Balaban J connectivity index is 2.22. The van der Waals surface area contributed by atoms with Crippen molar-refractivity contribution in [3.8, 4) is 12.3 Å². The Morgan fingerprint density at radius 2 is 1.81 bits per heavy atom. The van der Waals surface area contributed by atoms with E-state index < -0.39 is 35.2 Å². The molecule has 2 rings (SSSR count). The number of benzene rings is 1. The highest BCUT2D eigenvalue weighted by molar-refractivity contribution is 6.12. The SMILES string of the molecule is C#C/C(OC(C)(C)C(=O)OCC)=C(\C=C(/C)CN1C(=O)CN(c2ccc(C(F)(F)F)cc2)C1=O)OC. The Labute approximate surface area is 207 Å². The maximum atomic E-state index is 12.8. The quantitative estimate of drug-likeness (QED) is 0.163. The molecule has 194 valence electrons. The summed E-state index contributed by atoms with van der Waals surface area (Å²) in [7, 11) is 1.33. The Morgan fingerprint density at radius 1 is 1.19 bits per heavy atom. The van der Waals surface area contributed by atoms with E-state index in [1.807, 2.05) is 0 Å². The minimum absolute atomic E-state index is 0.0751. The average molecular weight is 508 g/mol. The van der Waals surface area contributed by atoms with Crippen molar-refractivity contribution in [2.24, 2.45) is 0 Å². The van der Waals surface area contributed by atoms with Crippen LogP contribution in [0.4, 0.5) is 23.7 Å². The van der Waals surface area contributed by atoms with Crippen molar-refractivity contribution in [1.29, 1.82) is 0 Å². The summed E-state index contributed by atoms with van der Waals surface area (Å²) < 4.78 is 54.4. The Morgan fingerprint density at radius 3 is 2.31 bits per heavy atom. The van der Waals surface area contributed by atoms with Gasteiger partial charge in [-0.3, -0.25) is 14.6 Å². The lowest BCUT2D eigenvalue weighted by Gasteiger charge is -2.24. The van der Waals surface area contributed by atoms with Crippen LogP contribution in [0, 0.1) is 12.3 Å². The molecule has 1 heterocycles. The fourth-order valence-electron chi connectivity index (χ4n) is 3.22. The Kier molecular flexibility index (Phi) is 8.80. The highest BCUT2D eigenvalue weighted by atomic mass is 19.4. The summed E-state index contributed by atoms with van der Waals surface area (Å²) in [6.07, 6.45) is 2.48. The first-order chi connectivity index (χ1) is 16.7. The van der Waals surface area contributed by atoms with Crippen molar-refractivity contribution < 1.29 is 41.8 Å². The second kappa shape index (κ2) is 11.2. The normalized spacial score (nSPS) is 15.5. The van der Waals surface area contributed by atoms with Gasteiger partial charge < -0.3 is 14.2 Å². The first-order valence-electron chi connectivity index (χ1n) is 10.8. The third-order valence-corrected chi connectivity index (χ3v) is 5.05. The minimum Gasteiger partial charge on any atom is -0.492 e. The van der Waals surface area contributed by atoms with Crippen molar-refractivity contribution in [3.05, 3.63) is 53.0 Å². The predicted octanol–water partition coefficient (Wildman–Crippen LogP) is 4.27. The van der Waals surface area contributed by atoms with E-state index in [1.54, 1.807) is 13.8 Å². The molecule has 0 atom stereocenters. The molecule has 0 N–H and O–H groups in total. The second-order valence-corrected chi connectivity index (χ2v) is 8.26. The van der Waals surface area contributed by atoms with Crippen LogP contribution in [0.5, 0.6) is 0 Å². The van der Waals surface area contributed by atoms with Gasteiger partial charge in [0.25, 0.3) is 5.91 Å². The molecule has 1 saturated heterocycles. The third-order valence-electron chi connectivity index (χ3n) is 5.05. The van der Waals surface area contributed by atoms with Gasteiger partial charge in [-0.1, -0.05) is 0 Å². The summed E-state index contributed by atoms with van der Waals surface area (Å²) in [5.41, 5.74) is -1.64. The maximum absolute atomic E-state index is 12.8. The number of carbonyl (C=O) groups excluding carboxylic acids is 3. The Bertz CT molecular complexity index is 1110. The van der Waals surface area contributed by atoms with Gasteiger partial charge in [0.15, 0.2) is 5.76 Å². The topological polar surface area (TPSA) is 85.4 Å². The molecule has 0 aliphatic carbocycles. The molecular formula is C25H27F3N2O6. The van der Waals surface area contributed by atoms with E-state index in [-0.39, 0.29) is 36.9 Å². The first-order valence-corrected chi connectivity index (χ1v) is 10.8. The molecule has 11 heteroatoms. The Hall–Kier alpha value is -3.94. The zero-order valence-electron chi connectivity index (χ0n) is 20.6. The van der Waals surface area contributed by atoms with Crippen LogP contribution in [0.25, 0.3) is 0 Å². The number of allylic oxidation sites excluding steroid dienone is 2. The molecule has 1 aromatic carbocycles. The molecule has 36 heavy (non-hydrogen) atoms. The second-order valence-electron chi connectivity index (χ2n) is 8.26. The monoisotopic (exact) mass is 508 g/mol. The summed E-state index contributed by atoms with van der Waals surface area (Å²) in [4.78, 5) is 39.5.